The van der Waals surface area contributed by atoms with Crippen LogP contribution in [0.4, 0.5) is 0 Å². The second-order valence-electron chi connectivity index (χ2n) is 4.49. The third-order valence-corrected chi connectivity index (χ3v) is 3.19. The number of hydrogen-bond acceptors (Lipinski definition) is 3. The maximum atomic E-state index is 10.1. The van der Waals surface area contributed by atoms with Crippen molar-refractivity contribution < 1.29 is 5.11 Å². The third-order valence-electron chi connectivity index (χ3n) is 3.19. The van der Waals surface area contributed by atoms with Crippen LogP contribution in [0.25, 0.3) is 0 Å². The van der Waals surface area contributed by atoms with Gasteiger partial charge >= 0.3 is 0 Å². The average Bonchev–Trinajstić information content (AvgIpc) is 2.54. The standard InChI is InChI=1S/C10H20N2O.2ClH/c13-10(4-5-11-8-10)9-12-6-2-1-3-7-12;;/h11,13H,1-9H2;2*1H. The summed E-state index contributed by atoms with van der Waals surface area (Å²) in [7, 11) is 0. The molecule has 2 N–H and O–H groups in total. The van der Waals surface area contributed by atoms with Crippen LogP contribution in [0.1, 0.15) is 25.7 Å². The highest BCUT2D eigenvalue weighted by Crippen LogP contribution is 2.18. The zero-order valence-electron chi connectivity index (χ0n) is 9.07. The van der Waals surface area contributed by atoms with Crippen molar-refractivity contribution in [3.63, 3.8) is 0 Å². The molecule has 92 valence electrons. The molecule has 0 aliphatic carbocycles. The van der Waals surface area contributed by atoms with Gasteiger partial charge in [0.2, 0.25) is 0 Å². The Morgan fingerprint density at radius 1 is 1.13 bits per heavy atom. The van der Waals surface area contributed by atoms with E-state index in [9.17, 15) is 5.11 Å². The van der Waals surface area contributed by atoms with Gasteiger partial charge in [0.25, 0.3) is 0 Å². The summed E-state index contributed by atoms with van der Waals surface area (Å²) in [6.45, 7) is 5.00. The van der Waals surface area contributed by atoms with Crippen LogP contribution < -0.4 is 5.32 Å². The molecule has 0 aromatic heterocycles. The molecule has 0 radical (unpaired) electrons. The molecule has 0 saturated carbocycles. The first-order valence-corrected chi connectivity index (χ1v) is 5.44. The van der Waals surface area contributed by atoms with E-state index in [4.69, 9.17) is 0 Å². The number of nitrogens with zero attached hydrogens (tertiary/aromatic N) is 1. The molecular formula is C10H22Cl2N2O. The molecule has 15 heavy (non-hydrogen) atoms. The van der Waals surface area contributed by atoms with Crippen molar-refractivity contribution in [1.82, 2.24) is 10.2 Å². The van der Waals surface area contributed by atoms with E-state index in [0.29, 0.717) is 0 Å². The SMILES string of the molecule is Cl.Cl.OC1(CN2CCCCC2)CCNC1. The van der Waals surface area contributed by atoms with Crippen molar-refractivity contribution in [2.24, 2.45) is 0 Å². The van der Waals surface area contributed by atoms with Crippen LogP contribution in [-0.2, 0) is 0 Å². The van der Waals surface area contributed by atoms with E-state index in [1.54, 1.807) is 0 Å². The van der Waals surface area contributed by atoms with Gasteiger partial charge in [0, 0.05) is 13.1 Å². The van der Waals surface area contributed by atoms with Gasteiger partial charge in [-0.05, 0) is 38.9 Å². The van der Waals surface area contributed by atoms with Gasteiger partial charge in [-0.15, -0.1) is 24.8 Å². The Balaban J connectivity index is 0.000000980. The summed E-state index contributed by atoms with van der Waals surface area (Å²) < 4.78 is 0. The Kier molecular flexibility index (Phi) is 7.13. The number of β-amino-alcohol motifs (C(OH)–C–C–N with tert-alkyl or cyclic N) is 1. The molecule has 0 spiro atoms. The lowest BCUT2D eigenvalue weighted by Gasteiger charge is -2.33. The van der Waals surface area contributed by atoms with E-state index in [-0.39, 0.29) is 24.8 Å². The minimum atomic E-state index is -0.433. The first-order chi connectivity index (χ1) is 6.29. The average molecular weight is 257 g/mol. The number of hydrogen-bond donors (Lipinski definition) is 2. The van der Waals surface area contributed by atoms with Gasteiger partial charge in [-0.3, -0.25) is 0 Å². The van der Waals surface area contributed by atoms with Crippen LogP contribution in [0.15, 0.2) is 0 Å². The molecule has 1 atom stereocenters. The van der Waals surface area contributed by atoms with E-state index in [2.05, 4.69) is 10.2 Å². The zero-order chi connectivity index (χ0) is 9.15. The Bertz CT molecular complexity index is 169. The second-order valence-corrected chi connectivity index (χ2v) is 4.49. The van der Waals surface area contributed by atoms with Crippen molar-refractivity contribution in [2.75, 3.05) is 32.7 Å². The molecule has 3 nitrogen and oxygen atoms in total. The monoisotopic (exact) mass is 256 g/mol. The lowest BCUT2D eigenvalue weighted by Crippen LogP contribution is -2.46. The van der Waals surface area contributed by atoms with E-state index >= 15 is 0 Å². The fraction of sp³-hybridized carbons (Fsp3) is 1.00. The van der Waals surface area contributed by atoms with Crippen LogP contribution in [0, 0.1) is 0 Å². The summed E-state index contributed by atoms with van der Waals surface area (Å²) in [5.41, 5.74) is -0.433. The molecule has 2 rings (SSSR count). The number of likely N-dealkylation sites (tertiary alicyclic amines) is 1. The predicted octanol–water partition coefficient (Wildman–Crippen LogP) is 1.04. The second kappa shape index (κ2) is 6.92. The maximum Gasteiger partial charge on any atom is 0.0909 e. The topological polar surface area (TPSA) is 35.5 Å². The summed E-state index contributed by atoms with van der Waals surface area (Å²) in [4.78, 5) is 2.41. The maximum absolute atomic E-state index is 10.1. The van der Waals surface area contributed by atoms with Gasteiger partial charge < -0.3 is 15.3 Å². The van der Waals surface area contributed by atoms with Gasteiger partial charge in [0.1, 0.15) is 0 Å². The summed E-state index contributed by atoms with van der Waals surface area (Å²) in [5.74, 6) is 0. The molecule has 0 bridgehead atoms. The summed E-state index contributed by atoms with van der Waals surface area (Å²) >= 11 is 0. The number of piperidine rings is 1. The normalized spacial score (nSPS) is 31.8. The first kappa shape index (κ1) is 15.5. The van der Waals surface area contributed by atoms with E-state index in [0.717, 1.165) is 26.1 Å². The highest BCUT2D eigenvalue weighted by atomic mass is 35.5. The van der Waals surface area contributed by atoms with Crippen LogP contribution in [0.5, 0.6) is 0 Å². The van der Waals surface area contributed by atoms with Gasteiger partial charge in [-0.2, -0.15) is 0 Å². The lowest BCUT2D eigenvalue weighted by atomic mass is 10.0. The molecule has 0 aromatic rings. The largest absolute Gasteiger partial charge is 0.387 e. The Hall–Kier alpha value is 0.460. The Morgan fingerprint density at radius 3 is 2.33 bits per heavy atom. The van der Waals surface area contributed by atoms with Crippen molar-refractivity contribution in [3.05, 3.63) is 0 Å². The van der Waals surface area contributed by atoms with E-state index in [1.165, 1.54) is 32.4 Å². The molecule has 2 saturated heterocycles. The summed E-state index contributed by atoms with van der Waals surface area (Å²) in [6.07, 6.45) is 4.91. The molecular weight excluding hydrogens is 235 g/mol. The summed E-state index contributed by atoms with van der Waals surface area (Å²) in [6, 6.07) is 0. The van der Waals surface area contributed by atoms with Crippen LogP contribution >= 0.6 is 24.8 Å². The van der Waals surface area contributed by atoms with Crippen molar-refractivity contribution >= 4 is 24.8 Å². The predicted molar refractivity (Wildman–Crippen MR) is 67.2 cm³/mol. The summed E-state index contributed by atoms with van der Waals surface area (Å²) in [5, 5.41) is 13.4. The highest BCUT2D eigenvalue weighted by Gasteiger charge is 2.33. The minimum Gasteiger partial charge on any atom is -0.387 e. The van der Waals surface area contributed by atoms with Crippen molar-refractivity contribution in [3.8, 4) is 0 Å². The molecule has 2 aliphatic rings. The molecule has 2 fully saturated rings. The number of nitrogens with one attached hydrogen (secondary N) is 1. The molecule has 1 unspecified atom stereocenters. The minimum absolute atomic E-state index is 0. The fourth-order valence-electron chi connectivity index (χ4n) is 2.40. The number of halogens is 2. The number of aliphatic hydroxyl groups is 1. The van der Waals surface area contributed by atoms with Gasteiger partial charge in [0.05, 0.1) is 5.60 Å². The van der Waals surface area contributed by atoms with Crippen molar-refractivity contribution in [1.29, 1.82) is 0 Å². The third kappa shape index (κ3) is 4.45. The van der Waals surface area contributed by atoms with E-state index < -0.39 is 5.60 Å². The Morgan fingerprint density at radius 2 is 1.80 bits per heavy atom. The zero-order valence-corrected chi connectivity index (χ0v) is 10.7. The molecule has 0 aromatic carbocycles. The molecule has 5 heteroatoms. The van der Waals surface area contributed by atoms with E-state index in [1.807, 2.05) is 0 Å². The molecule has 0 amide bonds. The fourth-order valence-corrected chi connectivity index (χ4v) is 2.40. The molecule has 2 aliphatic heterocycles. The molecule has 2 heterocycles. The van der Waals surface area contributed by atoms with Gasteiger partial charge in [0.15, 0.2) is 0 Å². The smallest absolute Gasteiger partial charge is 0.0909 e. The first-order valence-electron chi connectivity index (χ1n) is 5.44. The number of rotatable bonds is 2. The van der Waals surface area contributed by atoms with Gasteiger partial charge in [-0.1, -0.05) is 6.42 Å². The quantitative estimate of drug-likeness (QED) is 0.776. The van der Waals surface area contributed by atoms with Crippen LogP contribution in [-0.4, -0.2) is 48.3 Å². The van der Waals surface area contributed by atoms with Crippen LogP contribution in [0.2, 0.25) is 0 Å². The van der Waals surface area contributed by atoms with Crippen LogP contribution in [0.3, 0.4) is 0 Å². The highest BCUT2D eigenvalue weighted by molar-refractivity contribution is 5.85. The Labute approximate surface area is 104 Å². The lowest BCUT2D eigenvalue weighted by molar-refractivity contribution is 0.0155. The van der Waals surface area contributed by atoms with Gasteiger partial charge in [-0.25, -0.2) is 0 Å². The van der Waals surface area contributed by atoms with Crippen molar-refractivity contribution in [2.45, 2.75) is 31.3 Å².